The predicted molar refractivity (Wildman–Crippen MR) is 97.4 cm³/mol. The lowest BCUT2D eigenvalue weighted by Gasteiger charge is -1.95. The Morgan fingerprint density at radius 2 is 1.38 bits per heavy atom. The van der Waals surface area contributed by atoms with Crippen LogP contribution in [0, 0.1) is 13.8 Å². The lowest BCUT2D eigenvalue weighted by atomic mass is 10.2. The molecular weight excluding hydrogens is 364 g/mol. The SMILES string of the molecule is Cc1ccc(-c2nc3cc4sc(C)nc4cc3s2)cc1.O=S(=O)=O. The summed E-state index contributed by atoms with van der Waals surface area (Å²) < 4.78 is 27.8. The molecule has 0 N–H and O–H groups in total. The Morgan fingerprint density at radius 3 is 2.00 bits per heavy atom. The van der Waals surface area contributed by atoms with Gasteiger partial charge in [-0.25, -0.2) is 9.97 Å². The molecule has 4 aromatic rings. The highest BCUT2D eigenvalue weighted by molar-refractivity contribution is 7.59. The van der Waals surface area contributed by atoms with Crippen molar-refractivity contribution in [3.05, 3.63) is 47.0 Å². The molecule has 0 atom stereocenters. The van der Waals surface area contributed by atoms with Gasteiger partial charge < -0.3 is 0 Å². The Kier molecular flexibility index (Phi) is 4.70. The first kappa shape index (κ1) is 16.7. The van der Waals surface area contributed by atoms with Gasteiger partial charge in [-0.15, -0.1) is 35.3 Å². The fourth-order valence-corrected chi connectivity index (χ4v) is 4.11. The third-order valence-electron chi connectivity index (χ3n) is 3.30. The second-order valence-corrected chi connectivity index (χ2v) is 7.78. The first-order chi connectivity index (χ1) is 11.4. The summed E-state index contributed by atoms with van der Waals surface area (Å²) in [5.41, 5.74) is 4.61. The fraction of sp³-hybridized carbons (Fsp3) is 0.125. The Labute approximate surface area is 147 Å². The summed E-state index contributed by atoms with van der Waals surface area (Å²) in [5, 5.41) is 2.19. The lowest BCUT2D eigenvalue weighted by molar-refractivity contribution is 0.559. The zero-order valence-corrected chi connectivity index (χ0v) is 15.3. The van der Waals surface area contributed by atoms with E-state index in [1.54, 1.807) is 22.7 Å². The molecule has 0 amide bonds. The van der Waals surface area contributed by atoms with E-state index in [-0.39, 0.29) is 0 Å². The first-order valence-electron chi connectivity index (χ1n) is 6.94. The molecule has 0 unspecified atom stereocenters. The topological polar surface area (TPSA) is 77.0 Å². The number of thiazole rings is 2. The molecule has 2 aromatic heterocycles. The van der Waals surface area contributed by atoms with Crippen LogP contribution < -0.4 is 0 Å². The molecule has 2 heterocycles. The van der Waals surface area contributed by atoms with E-state index in [0.717, 1.165) is 21.0 Å². The van der Waals surface area contributed by atoms with Crippen LogP contribution in [0.5, 0.6) is 0 Å². The van der Waals surface area contributed by atoms with Crippen molar-refractivity contribution in [1.29, 1.82) is 0 Å². The second-order valence-electron chi connectivity index (χ2n) is 5.11. The summed E-state index contributed by atoms with van der Waals surface area (Å²) in [7, 11) is -3.11. The Hall–Kier alpha value is -2.16. The van der Waals surface area contributed by atoms with Crippen molar-refractivity contribution in [3.63, 3.8) is 0 Å². The molecule has 0 aliphatic heterocycles. The van der Waals surface area contributed by atoms with E-state index in [9.17, 15) is 0 Å². The molecule has 0 aliphatic rings. The highest BCUT2D eigenvalue weighted by Crippen LogP contribution is 2.34. The number of hydrogen-bond acceptors (Lipinski definition) is 7. The molecule has 5 nitrogen and oxygen atoms in total. The van der Waals surface area contributed by atoms with Gasteiger partial charge in [0.1, 0.15) is 5.01 Å². The average molecular weight is 376 g/mol. The average Bonchev–Trinajstić information content (AvgIpc) is 3.06. The molecule has 0 spiro atoms. The number of nitrogens with zero attached hydrogens (tertiary/aromatic N) is 2. The maximum absolute atomic E-state index is 8.44. The summed E-state index contributed by atoms with van der Waals surface area (Å²) in [6.07, 6.45) is 0. The van der Waals surface area contributed by atoms with Crippen molar-refractivity contribution in [2.75, 3.05) is 0 Å². The van der Waals surface area contributed by atoms with Gasteiger partial charge in [-0.2, -0.15) is 0 Å². The van der Waals surface area contributed by atoms with Crippen molar-refractivity contribution in [1.82, 2.24) is 9.97 Å². The molecule has 122 valence electrons. The minimum Gasteiger partial charge on any atom is -0.241 e. The van der Waals surface area contributed by atoms with Crippen molar-refractivity contribution in [3.8, 4) is 10.6 Å². The Bertz CT molecular complexity index is 1070. The zero-order valence-electron chi connectivity index (χ0n) is 12.8. The van der Waals surface area contributed by atoms with Gasteiger partial charge in [0.15, 0.2) is 0 Å². The number of fused-ring (bicyclic) bond motifs is 2. The van der Waals surface area contributed by atoms with Crippen LogP contribution in [0.4, 0.5) is 0 Å². The number of aryl methyl sites for hydroxylation is 2. The van der Waals surface area contributed by atoms with Gasteiger partial charge in [0.05, 0.1) is 25.4 Å². The van der Waals surface area contributed by atoms with E-state index in [1.165, 1.54) is 20.5 Å². The molecule has 0 saturated heterocycles. The number of aromatic nitrogens is 2. The second kappa shape index (κ2) is 6.76. The van der Waals surface area contributed by atoms with Gasteiger partial charge in [-0.05, 0) is 26.0 Å². The fourth-order valence-electron chi connectivity index (χ4n) is 2.28. The lowest BCUT2D eigenvalue weighted by Crippen LogP contribution is -1.76. The van der Waals surface area contributed by atoms with E-state index in [4.69, 9.17) is 17.6 Å². The van der Waals surface area contributed by atoms with Crippen LogP contribution in [0.1, 0.15) is 10.6 Å². The predicted octanol–water partition coefficient (Wildman–Crippen LogP) is 4.19. The minimum atomic E-state index is -3.11. The van der Waals surface area contributed by atoms with Crippen LogP contribution >= 0.6 is 22.7 Å². The summed E-state index contributed by atoms with van der Waals surface area (Å²) in [5.74, 6) is 0. The van der Waals surface area contributed by atoms with Gasteiger partial charge in [-0.1, -0.05) is 29.8 Å². The smallest absolute Gasteiger partial charge is 0.241 e. The van der Waals surface area contributed by atoms with E-state index in [0.29, 0.717) is 0 Å². The molecule has 24 heavy (non-hydrogen) atoms. The summed E-state index contributed by atoms with van der Waals surface area (Å²) in [6.45, 7) is 4.15. The number of benzene rings is 2. The monoisotopic (exact) mass is 376 g/mol. The molecule has 2 aromatic carbocycles. The van der Waals surface area contributed by atoms with Crippen molar-refractivity contribution < 1.29 is 12.6 Å². The molecule has 0 aliphatic carbocycles. The third kappa shape index (κ3) is 3.66. The van der Waals surface area contributed by atoms with Gasteiger partial charge in [0.2, 0.25) is 0 Å². The van der Waals surface area contributed by atoms with Gasteiger partial charge in [-0.3, -0.25) is 0 Å². The van der Waals surface area contributed by atoms with Crippen LogP contribution in [0.15, 0.2) is 36.4 Å². The van der Waals surface area contributed by atoms with E-state index in [1.807, 2.05) is 6.92 Å². The summed E-state index contributed by atoms with van der Waals surface area (Å²) in [6, 6.07) is 12.8. The molecule has 0 radical (unpaired) electrons. The van der Waals surface area contributed by atoms with Crippen LogP contribution in [-0.4, -0.2) is 22.6 Å². The Morgan fingerprint density at radius 1 is 0.833 bits per heavy atom. The standard InChI is InChI=1S/C16H12N2S2.O3S/c1-9-3-5-11(6-4-9)16-18-13-8-14-12(7-15(13)20-16)17-10(2)19-14;1-4(2)3/h3-8H,1-2H3;. The van der Waals surface area contributed by atoms with Gasteiger partial charge in [0, 0.05) is 5.56 Å². The Balaban J connectivity index is 0.000000383. The molecule has 0 bridgehead atoms. The largest absolute Gasteiger partial charge is 0.425 e. The quantitative estimate of drug-likeness (QED) is 0.498. The maximum atomic E-state index is 8.44. The first-order valence-corrected chi connectivity index (χ1v) is 9.57. The van der Waals surface area contributed by atoms with Gasteiger partial charge >= 0.3 is 10.6 Å². The molecule has 0 fully saturated rings. The van der Waals surface area contributed by atoms with Crippen molar-refractivity contribution in [2.45, 2.75) is 13.8 Å². The normalized spacial score (nSPS) is 10.6. The van der Waals surface area contributed by atoms with Gasteiger partial charge in [0.25, 0.3) is 0 Å². The van der Waals surface area contributed by atoms with Crippen LogP contribution in [0.3, 0.4) is 0 Å². The summed E-state index contributed by atoms with van der Waals surface area (Å²) >= 11 is 3.46. The molecule has 0 saturated carbocycles. The number of rotatable bonds is 1. The van der Waals surface area contributed by atoms with E-state index >= 15 is 0 Å². The molecular formula is C16H12N2O3S3. The van der Waals surface area contributed by atoms with Crippen LogP contribution in [0.25, 0.3) is 31.0 Å². The maximum Gasteiger partial charge on any atom is 0.425 e. The molecule has 4 rings (SSSR count). The van der Waals surface area contributed by atoms with Crippen LogP contribution in [-0.2, 0) is 10.6 Å². The highest BCUT2D eigenvalue weighted by Gasteiger charge is 2.09. The molecule has 8 heteroatoms. The summed E-state index contributed by atoms with van der Waals surface area (Å²) in [4.78, 5) is 9.32. The highest BCUT2D eigenvalue weighted by atomic mass is 32.2. The van der Waals surface area contributed by atoms with E-state index in [2.05, 4.69) is 48.3 Å². The zero-order chi connectivity index (χ0) is 17.3. The van der Waals surface area contributed by atoms with Crippen LogP contribution in [0.2, 0.25) is 0 Å². The number of hydrogen-bond donors (Lipinski definition) is 0. The van der Waals surface area contributed by atoms with Crippen molar-refractivity contribution in [2.24, 2.45) is 0 Å². The van der Waals surface area contributed by atoms with Crippen molar-refractivity contribution >= 4 is 53.7 Å². The third-order valence-corrected chi connectivity index (χ3v) is 5.30. The van der Waals surface area contributed by atoms with E-state index < -0.39 is 10.6 Å². The minimum absolute atomic E-state index is 1.07.